The minimum atomic E-state index is -0.643. The Morgan fingerprint density at radius 1 is 1.14 bits per heavy atom. The fraction of sp³-hybridized carbons (Fsp3) is 0.364. The first-order valence-electron chi connectivity index (χ1n) is 9.43. The van der Waals surface area contributed by atoms with E-state index in [0.29, 0.717) is 17.3 Å². The monoisotopic (exact) mass is 402 g/mol. The summed E-state index contributed by atoms with van der Waals surface area (Å²) in [6.45, 7) is 6.26. The van der Waals surface area contributed by atoms with E-state index >= 15 is 0 Å². The maximum Gasteiger partial charge on any atom is 0.261 e. The van der Waals surface area contributed by atoms with E-state index in [0.717, 1.165) is 17.5 Å². The Morgan fingerprint density at radius 3 is 2.50 bits per heavy atom. The van der Waals surface area contributed by atoms with Gasteiger partial charge in [-0.1, -0.05) is 54.9 Å². The van der Waals surface area contributed by atoms with E-state index in [9.17, 15) is 9.59 Å². The highest BCUT2D eigenvalue weighted by Crippen LogP contribution is 2.20. The van der Waals surface area contributed by atoms with Crippen molar-refractivity contribution >= 4 is 23.4 Å². The third kappa shape index (κ3) is 5.99. The van der Waals surface area contributed by atoms with Gasteiger partial charge in [-0.2, -0.15) is 0 Å². The number of carbonyl (C=O) groups is 2. The summed E-state index contributed by atoms with van der Waals surface area (Å²) >= 11 is 6.26. The van der Waals surface area contributed by atoms with E-state index in [4.69, 9.17) is 16.3 Å². The summed E-state index contributed by atoms with van der Waals surface area (Å²) in [5.74, 6) is 0.178. The molecule has 0 aromatic heterocycles. The molecule has 0 saturated carbocycles. The number of aryl methyl sites for hydroxylation is 1. The van der Waals surface area contributed by atoms with Crippen LogP contribution in [-0.4, -0.2) is 35.9 Å². The van der Waals surface area contributed by atoms with Crippen molar-refractivity contribution in [2.75, 3.05) is 13.2 Å². The Morgan fingerprint density at radius 2 is 1.82 bits per heavy atom. The zero-order valence-corrected chi connectivity index (χ0v) is 17.3. The molecule has 0 bridgehead atoms. The predicted molar refractivity (Wildman–Crippen MR) is 111 cm³/mol. The molecular weight excluding hydrogens is 376 g/mol. The molecule has 2 aromatic rings. The number of nitrogens with one attached hydrogen (secondary N) is 1. The van der Waals surface area contributed by atoms with Gasteiger partial charge in [0.1, 0.15) is 11.8 Å². The number of carbonyl (C=O) groups excluding carboxylic acids is 2. The molecule has 1 atom stereocenters. The summed E-state index contributed by atoms with van der Waals surface area (Å²) in [5.41, 5.74) is 1.73. The van der Waals surface area contributed by atoms with Crippen LogP contribution < -0.4 is 10.1 Å². The first kappa shape index (κ1) is 21.8. The quantitative estimate of drug-likeness (QED) is 0.690. The van der Waals surface area contributed by atoms with Gasteiger partial charge in [-0.05, 0) is 43.5 Å². The second-order valence-electron chi connectivity index (χ2n) is 6.63. The largest absolute Gasteiger partial charge is 0.484 e. The Labute approximate surface area is 171 Å². The molecule has 0 aliphatic carbocycles. The van der Waals surface area contributed by atoms with Crippen molar-refractivity contribution in [3.8, 4) is 5.75 Å². The maximum absolute atomic E-state index is 12.9. The number of amides is 2. The fourth-order valence-corrected chi connectivity index (χ4v) is 2.92. The average Bonchev–Trinajstić information content (AvgIpc) is 2.70. The van der Waals surface area contributed by atoms with Crippen molar-refractivity contribution in [1.82, 2.24) is 10.2 Å². The second-order valence-corrected chi connectivity index (χ2v) is 7.04. The van der Waals surface area contributed by atoms with Gasteiger partial charge in [-0.25, -0.2) is 0 Å². The fourth-order valence-electron chi connectivity index (χ4n) is 2.73. The van der Waals surface area contributed by atoms with Gasteiger partial charge in [0.2, 0.25) is 5.91 Å². The third-order valence-corrected chi connectivity index (χ3v) is 4.83. The zero-order valence-electron chi connectivity index (χ0n) is 16.6. The van der Waals surface area contributed by atoms with Gasteiger partial charge in [0.05, 0.1) is 0 Å². The van der Waals surface area contributed by atoms with Crippen molar-refractivity contribution in [1.29, 1.82) is 0 Å². The molecule has 150 valence electrons. The van der Waals surface area contributed by atoms with Crippen LogP contribution in [0.15, 0.2) is 48.5 Å². The Kier molecular flexibility index (Phi) is 8.33. The molecule has 0 saturated heterocycles. The minimum absolute atomic E-state index is 0.152. The van der Waals surface area contributed by atoms with Crippen molar-refractivity contribution in [3.63, 3.8) is 0 Å². The van der Waals surface area contributed by atoms with Crippen molar-refractivity contribution in [3.05, 3.63) is 64.7 Å². The van der Waals surface area contributed by atoms with Crippen LogP contribution in [0.1, 0.15) is 31.4 Å². The minimum Gasteiger partial charge on any atom is -0.484 e. The van der Waals surface area contributed by atoms with Crippen LogP contribution in [0, 0.1) is 6.92 Å². The number of benzene rings is 2. The lowest BCUT2D eigenvalue weighted by molar-refractivity contribution is -0.142. The molecule has 2 amide bonds. The van der Waals surface area contributed by atoms with E-state index in [1.54, 1.807) is 13.0 Å². The molecular formula is C22H27ClN2O3. The number of ether oxygens (including phenoxy) is 1. The second kappa shape index (κ2) is 10.7. The van der Waals surface area contributed by atoms with E-state index in [-0.39, 0.29) is 25.0 Å². The first-order valence-corrected chi connectivity index (χ1v) is 9.80. The van der Waals surface area contributed by atoms with Gasteiger partial charge < -0.3 is 15.0 Å². The lowest BCUT2D eigenvalue weighted by atomic mass is 10.1. The molecule has 0 fully saturated rings. The standard InChI is InChI=1S/C22H27ClN2O3/c1-4-13-24-22(27)17(3)25(14-18-10-6-7-11-19(18)23)21(26)15-28-20-12-8-5-9-16(20)2/h5-12,17H,4,13-15H2,1-3H3,(H,24,27)/t17-/m0/s1. The number of nitrogens with zero attached hydrogens (tertiary/aromatic N) is 1. The highest BCUT2D eigenvalue weighted by atomic mass is 35.5. The number of halogens is 1. The summed E-state index contributed by atoms with van der Waals surface area (Å²) in [7, 11) is 0. The predicted octanol–water partition coefficient (Wildman–Crippen LogP) is 3.97. The van der Waals surface area contributed by atoms with Gasteiger partial charge in [0.15, 0.2) is 6.61 Å². The van der Waals surface area contributed by atoms with Crippen LogP contribution in [0.25, 0.3) is 0 Å². The molecule has 1 N–H and O–H groups in total. The zero-order chi connectivity index (χ0) is 20.5. The lowest BCUT2D eigenvalue weighted by Crippen LogP contribution is -2.49. The molecule has 0 heterocycles. The summed E-state index contributed by atoms with van der Waals surface area (Å²) < 4.78 is 5.70. The van der Waals surface area contributed by atoms with E-state index < -0.39 is 6.04 Å². The molecule has 28 heavy (non-hydrogen) atoms. The van der Waals surface area contributed by atoms with Crippen molar-refractivity contribution < 1.29 is 14.3 Å². The Bertz CT molecular complexity index is 810. The Balaban J connectivity index is 2.16. The van der Waals surface area contributed by atoms with Crippen LogP contribution in [0.3, 0.4) is 0 Å². The highest BCUT2D eigenvalue weighted by Gasteiger charge is 2.27. The van der Waals surface area contributed by atoms with Crippen molar-refractivity contribution in [2.24, 2.45) is 0 Å². The molecule has 0 aliphatic rings. The molecule has 0 aliphatic heterocycles. The van der Waals surface area contributed by atoms with Gasteiger partial charge in [-0.15, -0.1) is 0 Å². The topological polar surface area (TPSA) is 58.6 Å². The van der Waals surface area contributed by atoms with Crippen LogP contribution in [0.4, 0.5) is 0 Å². The van der Waals surface area contributed by atoms with Gasteiger partial charge >= 0.3 is 0 Å². The van der Waals surface area contributed by atoms with Gasteiger partial charge in [0, 0.05) is 18.1 Å². The van der Waals surface area contributed by atoms with E-state index in [2.05, 4.69) is 5.32 Å². The molecule has 5 nitrogen and oxygen atoms in total. The number of hydrogen-bond donors (Lipinski definition) is 1. The van der Waals surface area contributed by atoms with Crippen LogP contribution >= 0.6 is 11.6 Å². The third-order valence-electron chi connectivity index (χ3n) is 4.46. The summed E-state index contributed by atoms with van der Waals surface area (Å²) in [6.07, 6.45) is 0.827. The summed E-state index contributed by atoms with van der Waals surface area (Å²) in [5, 5.41) is 3.40. The van der Waals surface area contributed by atoms with Gasteiger partial charge in [-0.3, -0.25) is 9.59 Å². The molecule has 6 heteroatoms. The SMILES string of the molecule is CCCNC(=O)[C@H](C)N(Cc1ccccc1Cl)C(=O)COc1ccccc1C. The maximum atomic E-state index is 12.9. The normalized spacial score (nSPS) is 11.6. The highest BCUT2D eigenvalue weighted by molar-refractivity contribution is 6.31. The van der Waals surface area contributed by atoms with Crippen LogP contribution in [-0.2, 0) is 16.1 Å². The Hall–Kier alpha value is -2.53. The number of para-hydroxylation sites is 1. The van der Waals surface area contributed by atoms with E-state index in [1.807, 2.05) is 56.3 Å². The lowest BCUT2D eigenvalue weighted by Gasteiger charge is -2.29. The van der Waals surface area contributed by atoms with Crippen LogP contribution in [0.5, 0.6) is 5.75 Å². The smallest absolute Gasteiger partial charge is 0.261 e. The molecule has 0 spiro atoms. The van der Waals surface area contributed by atoms with Crippen molar-refractivity contribution in [2.45, 2.75) is 39.8 Å². The first-order chi connectivity index (χ1) is 13.4. The van der Waals surface area contributed by atoms with Crippen LogP contribution in [0.2, 0.25) is 5.02 Å². The molecule has 2 aromatic carbocycles. The summed E-state index contributed by atoms with van der Waals surface area (Å²) in [4.78, 5) is 26.9. The van der Waals surface area contributed by atoms with Gasteiger partial charge in [0.25, 0.3) is 5.91 Å². The van der Waals surface area contributed by atoms with E-state index in [1.165, 1.54) is 4.90 Å². The summed E-state index contributed by atoms with van der Waals surface area (Å²) in [6, 6.07) is 14.2. The number of rotatable bonds is 9. The average molecular weight is 403 g/mol. The molecule has 2 rings (SSSR count). The number of hydrogen-bond acceptors (Lipinski definition) is 3. The molecule has 0 radical (unpaired) electrons. The molecule has 0 unspecified atom stereocenters.